The van der Waals surface area contributed by atoms with Gasteiger partial charge in [-0.3, -0.25) is 4.68 Å². The molecule has 6 heteroatoms. The third-order valence-corrected chi connectivity index (χ3v) is 4.85. The Balaban J connectivity index is 1.50. The Kier molecular flexibility index (Phi) is 3.23. The predicted octanol–water partition coefficient (Wildman–Crippen LogP) is 3.23. The van der Waals surface area contributed by atoms with E-state index in [2.05, 4.69) is 50.7 Å². The fraction of sp³-hybridized carbons (Fsp3) is 0.188. The van der Waals surface area contributed by atoms with E-state index in [0.717, 1.165) is 29.8 Å². The standard InChI is InChI=1S/C16H15N5S/c1-21-16-13(9-20-21)15(18-10-19-16)17-7-6-12-8-11-4-2-3-5-14(11)22-12/h2-5,8-10H,6-7H2,1H3,(H,17,18,19). The first kappa shape index (κ1) is 13.2. The van der Waals surface area contributed by atoms with Crippen molar-refractivity contribution in [3.8, 4) is 0 Å². The van der Waals surface area contributed by atoms with Crippen LogP contribution in [-0.2, 0) is 13.5 Å². The minimum absolute atomic E-state index is 0.841. The van der Waals surface area contributed by atoms with Gasteiger partial charge < -0.3 is 5.32 Å². The molecule has 0 aliphatic rings. The number of fused-ring (bicyclic) bond motifs is 2. The molecule has 0 unspecified atom stereocenters. The monoisotopic (exact) mass is 309 g/mol. The Hall–Kier alpha value is -2.47. The van der Waals surface area contributed by atoms with Gasteiger partial charge >= 0.3 is 0 Å². The van der Waals surface area contributed by atoms with Crippen molar-refractivity contribution in [3.63, 3.8) is 0 Å². The SMILES string of the molecule is Cn1ncc2c(NCCc3cc4ccccc4s3)ncnc21. The summed E-state index contributed by atoms with van der Waals surface area (Å²) in [5, 5.41) is 9.90. The summed E-state index contributed by atoms with van der Waals surface area (Å²) >= 11 is 1.85. The van der Waals surface area contributed by atoms with Crippen molar-refractivity contribution in [1.29, 1.82) is 0 Å². The summed E-state index contributed by atoms with van der Waals surface area (Å²) in [6, 6.07) is 10.8. The molecule has 1 aromatic carbocycles. The third-order valence-electron chi connectivity index (χ3n) is 3.67. The zero-order valence-electron chi connectivity index (χ0n) is 12.2. The third kappa shape index (κ3) is 2.31. The van der Waals surface area contributed by atoms with Crippen molar-refractivity contribution in [1.82, 2.24) is 19.7 Å². The van der Waals surface area contributed by atoms with Crippen molar-refractivity contribution in [2.45, 2.75) is 6.42 Å². The van der Waals surface area contributed by atoms with Crippen LogP contribution in [0.1, 0.15) is 4.88 Å². The van der Waals surface area contributed by atoms with Crippen LogP contribution < -0.4 is 5.32 Å². The van der Waals surface area contributed by atoms with Gasteiger partial charge in [-0.05, 0) is 23.9 Å². The molecule has 0 fully saturated rings. The summed E-state index contributed by atoms with van der Waals surface area (Å²) in [7, 11) is 1.89. The molecule has 0 saturated carbocycles. The molecule has 1 N–H and O–H groups in total. The summed E-state index contributed by atoms with van der Waals surface area (Å²) < 4.78 is 3.10. The molecule has 22 heavy (non-hydrogen) atoms. The lowest BCUT2D eigenvalue weighted by Gasteiger charge is -2.05. The molecule has 5 nitrogen and oxygen atoms in total. The molecule has 0 spiro atoms. The average Bonchev–Trinajstić information content (AvgIpc) is 3.11. The summed E-state index contributed by atoms with van der Waals surface area (Å²) in [4.78, 5) is 9.95. The topological polar surface area (TPSA) is 55.6 Å². The molecule has 0 atom stereocenters. The number of aryl methyl sites for hydroxylation is 1. The van der Waals surface area contributed by atoms with Gasteiger partial charge in [0.25, 0.3) is 0 Å². The maximum atomic E-state index is 4.32. The van der Waals surface area contributed by atoms with Gasteiger partial charge in [0.2, 0.25) is 0 Å². The maximum absolute atomic E-state index is 4.32. The Morgan fingerprint density at radius 1 is 1.23 bits per heavy atom. The van der Waals surface area contributed by atoms with Crippen LogP contribution in [0.5, 0.6) is 0 Å². The van der Waals surface area contributed by atoms with E-state index >= 15 is 0 Å². The van der Waals surface area contributed by atoms with E-state index in [4.69, 9.17) is 0 Å². The number of hydrogen-bond acceptors (Lipinski definition) is 5. The minimum Gasteiger partial charge on any atom is -0.369 e. The first-order valence-electron chi connectivity index (χ1n) is 7.15. The number of anilines is 1. The van der Waals surface area contributed by atoms with Gasteiger partial charge in [-0.15, -0.1) is 11.3 Å². The van der Waals surface area contributed by atoms with Crippen molar-refractivity contribution >= 4 is 38.3 Å². The van der Waals surface area contributed by atoms with E-state index in [1.807, 2.05) is 18.4 Å². The lowest BCUT2D eigenvalue weighted by molar-refractivity contribution is 0.785. The highest BCUT2D eigenvalue weighted by atomic mass is 32.1. The lowest BCUT2D eigenvalue weighted by Crippen LogP contribution is -2.06. The van der Waals surface area contributed by atoms with Crippen LogP contribution >= 0.6 is 11.3 Å². The zero-order valence-corrected chi connectivity index (χ0v) is 13.0. The van der Waals surface area contributed by atoms with E-state index in [1.165, 1.54) is 15.0 Å². The summed E-state index contributed by atoms with van der Waals surface area (Å²) in [6.45, 7) is 0.841. The Bertz CT molecular complexity index is 907. The van der Waals surface area contributed by atoms with Crippen molar-refractivity contribution < 1.29 is 0 Å². The van der Waals surface area contributed by atoms with Gasteiger partial charge in [0.1, 0.15) is 12.1 Å². The molecular weight excluding hydrogens is 294 g/mol. The molecule has 110 valence electrons. The van der Waals surface area contributed by atoms with Gasteiger partial charge in [0.15, 0.2) is 5.65 Å². The van der Waals surface area contributed by atoms with Crippen LogP contribution in [0.3, 0.4) is 0 Å². The Morgan fingerprint density at radius 3 is 3.05 bits per heavy atom. The van der Waals surface area contributed by atoms with Crippen LogP contribution in [-0.4, -0.2) is 26.3 Å². The van der Waals surface area contributed by atoms with E-state index in [0.29, 0.717) is 0 Å². The first-order valence-corrected chi connectivity index (χ1v) is 7.97. The largest absolute Gasteiger partial charge is 0.369 e. The van der Waals surface area contributed by atoms with Crippen LogP contribution in [0.4, 0.5) is 5.82 Å². The Morgan fingerprint density at radius 2 is 2.14 bits per heavy atom. The second kappa shape index (κ2) is 5.38. The van der Waals surface area contributed by atoms with E-state index < -0.39 is 0 Å². The van der Waals surface area contributed by atoms with Crippen LogP contribution in [0.15, 0.2) is 42.9 Å². The van der Waals surface area contributed by atoms with Gasteiger partial charge in [-0.25, -0.2) is 9.97 Å². The smallest absolute Gasteiger partial charge is 0.163 e. The minimum atomic E-state index is 0.841. The molecule has 0 amide bonds. The number of benzene rings is 1. The summed E-state index contributed by atoms with van der Waals surface area (Å²) in [6.07, 6.45) is 4.36. The van der Waals surface area contributed by atoms with Gasteiger partial charge in [0.05, 0.1) is 11.6 Å². The van der Waals surface area contributed by atoms with Gasteiger partial charge in [0, 0.05) is 23.2 Å². The molecule has 0 aliphatic heterocycles. The second-order valence-corrected chi connectivity index (χ2v) is 6.32. The highest BCUT2D eigenvalue weighted by Crippen LogP contribution is 2.25. The highest BCUT2D eigenvalue weighted by Gasteiger charge is 2.07. The highest BCUT2D eigenvalue weighted by molar-refractivity contribution is 7.19. The van der Waals surface area contributed by atoms with Gasteiger partial charge in [-0.1, -0.05) is 18.2 Å². The quantitative estimate of drug-likeness (QED) is 0.629. The number of aromatic nitrogens is 4. The number of nitrogens with one attached hydrogen (secondary N) is 1. The molecule has 4 rings (SSSR count). The molecular formula is C16H15N5S. The first-order chi connectivity index (χ1) is 10.8. The number of nitrogens with zero attached hydrogens (tertiary/aromatic N) is 4. The number of hydrogen-bond donors (Lipinski definition) is 1. The molecule has 4 aromatic rings. The van der Waals surface area contributed by atoms with Crippen LogP contribution in [0.2, 0.25) is 0 Å². The molecule has 0 aliphatic carbocycles. The van der Waals surface area contributed by atoms with Crippen molar-refractivity contribution in [2.75, 3.05) is 11.9 Å². The molecule has 3 heterocycles. The zero-order chi connectivity index (χ0) is 14.9. The van der Waals surface area contributed by atoms with Crippen molar-refractivity contribution in [3.05, 3.63) is 47.7 Å². The van der Waals surface area contributed by atoms with E-state index in [1.54, 1.807) is 17.2 Å². The van der Waals surface area contributed by atoms with Crippen LogP contribution in [0.25, 0.3) is 21.1 Å². The predicted molar refractivity (Wildman–Crippen MR) is 90.3 cm³/mol. The average molecular weight is 309 g/mol. The Labute approximate surface area is 131 Å². The fourth-order valence-corrected chi connectivity index (χ4v) is 3.63. The normalized spacial score (nSPS) is 11.3. The van der Waals surface area contributed by atoms with Crippen molar-refractivity contribution in [2.24, 2.45) is 7.05 Å². The summed E-state index contributed by atoms with van der Waals surface area (Å²) in [5.41, 5.74) is 0.847. The molecule has 0 saturated heterocycles. The number of thiophene rings is 1. The summed E-state index contributed by atoms with van der Waals surface area (Å²) in [5.74, 6) is 0.846. The maximum Gasteiger partial charge on any atom is 0.163 e. The second-order valence-electron chi connectivity index (χ2n) is 5.16. The van der Waals surface area contributed by atoms with E-state index in [-0.39, 0.29) is 0 Å². The molecule has 3 aromatic heterocycles. The number of rotatable bonds is 4. The van der Waals surface area contributed by atoms with E-state index in [9.17, 15) is 0 Å². The molecule has 0 bridgehead atoms. The molecule has 0 radical (unpaired) electrons. The lowest BCUT2D eigenvalue weighted by atomic mass is 10.2. The fourth-order valence-electron chi connectivity index (χ4n) is 2.57. The van der Waals surface area contributed by atoms with Crippen LogP contribution in [0, 0.1) is 0 Å². The van der Waals surface area contributed by atoms with Gasteiger partial charge in [-0.2, -0.15) is 5.10 Å².